The van der Waals surface area contributed by atoms with Crippen molar-refractivity contribution in [3.05, 3.63) is 0 Å². The van der Waals surface area contributed by atoms with E-state index < -0.39 is 24.0 Å². The molecular weight excluding hydrogens is 650 g/mol. The van der Waals surface area contributed by atoms with Crippen LogP contribution in [-0.4, -0.2) is 62.3 Å². The summed E-state index contributed by atoms with van der Waals surface area (Å²) in [5.41, 5.74) is 0. The zero-order chi connectivity index (χ0) is 37.6. The minimum absolute atomic E-state index is 0.0265. The molecule has 51 heavy (non-hydrogen) atoms. The van der Waals surface area contributed by atoms with Gasteiger partial charge in [-0.2, -0.15) is 0 Å². The van der Waals surface area contributed by atoms with Crippen LogP contribution >= 0.6 is 0 Å². The van der Waals surface area contributed by atoms with Crippen LogP contribution in [0.25, 0.3) is 0 Å². The zero-order valence-electron chi connectivity index (χ0n) is 32.9. The van der Waals surface area contributed by atoms with E-state index in [1.54, 1.807) is 0 Å². The van der Waals surface area contributed by atoms with Crippen LogP contribution in [-0.2, 0) is 42.9 Å². The Balaban J connectivity index is 4.14. The summed E-state index contributed by atoms with van der Waals surface area (Å²) >= 11 is 0. The molecule has 10 heteroatoms. The van der Waals surface area contributed by atoms with E-state index in [0.717, 1.165) is 77.0 Å². The molecule has 0 saturated heterocycles. The predicted octanol–water partition coefficient (Wildman–Crippen LogP) is 9.63. The number of hydrogen-bond donors (Lipinski definition) is 1. The van der Waals surface area contributed by atoms with Crippen LogP contribution < -0.4 is 5.32 Å². The number of esters is 4. The van der Waals surface area contributed by atoms with Crippen molar-refractivity contribution < 1.29 is 42.9 Å². The lowest BCUT2D eigenvalue weighted by Crippen LogP contribution is -2.31. The topological polar surface area (TPSA) is 134 Å². The van der Waals surface area contributed by atoms with Gasteiger partial charge in [0.15, 0.2) is 6.10 Å². The van der Waals surface area contributed by atoms with Crippen molar-refractivity contribution in [2.24, 2.45) is 0 Å². The van der Waals surface area contributed by atoms with Crippen molar-refractivity contribution in [2.75, 3.05) is 26.4 Å². The standard InChI is InChI=1S/C41H75NO9/c1-4-7-10-13-14-15-16-17-18-19-20-23-24-27-37(43)42-32-33-48-39(45)30-31-40(46)50-35-36(51-41(47)29-26-22-12-9-6-3)34-49-38(44)28-25-21-11-8-5-2/h36H,4-35H2,1-3H3,(H,42,43). The smallest absolute Gasteiger partial charge is 0.306 e. The lowest BCUT2D eigenvalue weighted by Gasteiger charge is -2.18. The van der Waals surface area contributed by atoms with Crippen molar-refractivity contribution in [3.8, 4) is 0 Å². The first-order valence-electron chi connectivity index (χ1n) is 20.7. The maximum absolute atomic E-state index is 12.4. The second-order valence-corrected chi connectivity index (χ2v) is 13.9. The van der Waals surface area contributed by atoms with Gasteiger partial charge in [-0.25, -0.2) is 0 Å². The van der Waals surface area contributed by atoms with Gasteiger partial charge < -0.3 is 24.3 Å². The third-order valence-corrected chi connectivity index (χ3v) is 8.86. The Morgan fingerprint density at radius 2 is 0.765 bits per heavy atom. The first kappa shape index (κ1) is 48.3. The summed E-state index contributed by atoms with van der Waals surface area (Å²) in [6, 6.07) is 0. The number of unbranched alkanes of at least 4 members (excludes halogenated alkanes) is 20. The minimum atomic E-state index is -0.920. The lowest BCUT2D eigenvalue weighted by molar-refractivity contribution is -0.167. The Labute approximate surface area is 310 Å². The summed E-state index contributed by atoms with van der Waals surface area (Å²) in [6.45, 7) is 6.28. The maximum atomic E-state index is 12.4. The first-order chi connectivity index (χ1) is 24.8. The quantitative estimate of drug-likeness (QED) is 0.0377. The monoisotopic (exact) mass is 726 g/mol. The molecule has 0 aliphatic rings. The summed E-state index contributed by atoms with van der Waals surface area (Å²) in [7, 11) is 0. The molecule has 0 rings (SSSR count). The van der Waals surface area contributed by atoms with Crippen LogP contribution in [0.3, 0.4) is 0 Å². The molecule has 1 amide bonds. The molecule has 0 aliphatic heterocycles. The van der Waals surface area contributed by atoms with Gasteiger partial charge in [0.1, 0.15) is 19.8 Å². The number of rotatable bonds is 37. The van der Waals surface area contributed by atoms with Crippen molar-refractivity contribution in [2.45, 2.75) is 207 Å². The molecule has 0 saturated carbocycles. The highest BCUT2D eigenvalue weighted by Gasteiger charge is 2.20. The normalized spacial score (nSPS) is 11.5. The molecule has 1 unspecified atom stereocenters. The molecule has 0 aromatic rings. The van der Waals surface area contributed by atoms with Crippen LogP contribution in [0.1, 0.15) is 201 Å². The van der Waals surface area contributed by atoms with Crippen molar-refractivity contribution in [1.82, 2.24) is 5.32 Å². The van der Waals surface area contributed by atoms with Crippen LogP contribution in [0.2, 0.25) is 0 Å². The molecule has 0 aromatic carbocycles. The van der Waals surface area contributed by atoms with Crippen LogP contribution in [0.5, 0.6) is 0 Å². The van der Waals surface area contributed by atoms with E-state index in [1.165, 1.54) is 64.2 Å². The summed E-state index contributed by atoms with van der Waals surface area (Å²) in [4.78, 5) is 61.1. The average molecular weight is 726 g/mol. The van der Waals surface area contributed by atoms with E-state index in [4.69, 9.17) is 18.9 Å². The highest BCUT2D eigenvalue weighted by Crippen LogP contribution is 2.13. The van der Waals surface area contributed by atoms with E-state index in [-0.39, 0.29) is 63.9 Å². The van der Waals surface area contributed by atoms with Crippen LogP contribution in [0.4, 0.5) is 0 Å². The first-order valence-corrected chi connectivity index (χ1v) is 20.7. The van der Waals surface area contributed by atoms with Crippen molar-refractivity contribution >= 4 is 29.8 Å². The van der Waals surface area contributed by atoms with Gasteiger partial charge in [0, 0.05) is 19.3 Å². The number of hydrogen-bond acceptors (Lipinski definition) is 9. The Bertz CT molecular complexity index is 879. The molecule has 0 aliphatic carbocycles. The number of carbonyl (C=O) groups excluding carboxylic acids is 5. The molecule has 0 heterocycles. The Kier molecular flexibility index (Phi) is 35.2. The summed E-state index contributed by atoms with van der Waals surface area (Å²) < 4.78 is 21.2. The fraction of sp³-hybridized carbons (Fsp3) is 0.878. The zero-order valence-corrected chi connectivity index (χ0v) is 32.9. The van der Waals surface area contributed by atoms with Gasteiger partial charge in [-0.15, -0.1) is 0 Å². The molecule has 10 nitrogen and oxygen atoms in total. The number of nitrogens with one attached hydrogen (secondary N) is 1. The summed E-state index contributed by atoms with van der Waals surface area (Å²) in [6.07, 6.45) is 25.9. The molecule has 1 atom stereocenters. The summed E-state index contributed by atoms with van der Waals surface area (Å²) in [5, 5.41) is 2.77. The van der Waals surface area contributed by atoms with E-state index >= 15 is 0 Å². The Hall–Kier alpha value is -2.65. The highest BCUT2D eigenvalue weighted by molar-refractivity contribution is 5.78. The molecule has 1 N–H and O–H groups in total. The van der Waals surface area contributed by atoms with E-state index in [0.29, 0.717) is 12.8 Å². The number of ether oxygens (including phenoxy) is 4. The second kappa shape index (κ2) is 37.1. The molecule has 0 radical (unpaired) electrons. The number of carbonyl (C=O) groups is 5. The van der Waals surface area contributed by atoms with E-state index in [9.17, 15) is 24.0 Å². The van der Waals surface area contributed by atoms with Gasteiger partial charge in [-0.1, -0.05) is 149 Å². The largest absolute Gasteiger partial charge is 0.464 e. The lowest BCUT2D eigenvalue weighted by atomic mass is 10.0. The highest BCUT2D eigenvalue weighted by atomic mass is 16.6. The van der Waals surface area contributed by atoms with Gasteiger partial charge in [-0.3, -0.25) is 24.0 Å². The maximum Gasteiger partial charge on any atom is 0.306 e. The molecular formula is C41H75NO9. The fourth-order valence-corrected chi connectivity index (χ4v) is 5.65. The SMILES string of the molecule is CCCCCCCCCCCCCCCC(=O)NCCOC(=O)CCC(=O)OCC(COC(=O)CCCCCCC)OC(=O)CCCCCCC. The third-order valence-electron chi connectivity index (χ3n) is 8.86. The molecule has 0 spiro atoms. The van der Waals surface area contributed by atoms with Gasteiger partial charge in [0.05, 0.1) is 19.4 Å². The van der Waals surface area contributed by atoms with Gasteiger partial charge >= 0.3 is 23.9 Å². The van der Waals surface area contributed by atoms with Crippen LogP contribution in [0, 0.1) is 0 Å². The third kappa shape index (κ3) is 35.5. The van der Waals surface area contributed by atoms with E-state index in [1.807, 2.05) is 0 Å². The average Bonchev–Trinajstić information content (AvgIpc) is 3.12. The van der Waals surface area contributed by atoms with Crippen LogP contribution in [0.15, 0.2) is 0 Å². The number of amides is 1. The predicted molar refractivity (Wildman–Crippen MR) is 202 cm³/mol. The van der Waals surface area contributed by atoms with Crippen molar-refractivity contribution in [1.29, 1.82) is 0 Å². The van der Waals surface area contributed by atoms with Crippen molar-refractivity contribution in [3.63, 3.8) is 0 Å². The van der Waals surface area contributed by atoms with Gasteiger partial charge in [0.2, 0.25) is 5.91 Å². The van der Waals surface area contributed by atoms with E-state index in [2.05, 4.69) is 26.1 Å². The molecule has 0 bridgehead atoms. The summed E-state index contributed by atoms with van der Waals surface area (Å²) in [5.74, 6) is -2.08. The second-order valence-electron chi connectivity index (χ2n) is 13.9. The minimum Gasteiger partial charge on any atom is -0.464 e. The molecule has 0 aromatic heterocycles. The Morgan fingerprint density at radius 3 is 1.22 bits per heavy atom. The van der Waals surface area contributed by atoms with Gasteiger partial charge in [0.25, 0.3) is 0 Å². The van der Waals surface area contributed by atoms with Gasteiger partial charge in [-0.05, 0) is 19.3 Å². The Morgan fingerprint density at radius 1 is 0.412 bits per heavy atom. The fourth-order valence-electron chi connectivity index (χ4n) is 5.65. The molecule has 298 valence electrons. The molecule has 0 fully saturated rings.